The van der Waals surface area contributed by atoms with Gasteiger partial charge in [0, 0.05) is 23.3 Å². The van der Waals surface area contributed by atoms with Crippen molar-refractivity contribution in [3.8, 4) is 0 Å². The van der Waals surface area contributed by atoms with Gasteiger partial charge in [-0.25, -0.2) is 13.4 Å². The molecule has 0 spiro atoms. The van der Waals surface area contributed by atoms with Gasteiger partial charge in [0.1, 0.15) is 4.21 Å². The number of nitrogens with one attached hydrogen (secondary N) is 1. The molecule has 3 heterocycles. The van der Waals surface area contributed by atoms with Crippen molar-refractivity contribution in [2.24, 2.45) is 0 Å². The Kier molecular flexibility index (Phi) is 5.85. The number of ether oxygens (including phenoxy) is 1. The summed E-state index contributed by atoms with van der Waals surface area (Å²) < 4.78 is 32.1. The number of carbonyl (C=O) groups is 1. The van der Waals surface area contributed by atoms with Crippen molar-refractivity contribution in [3.63, 3.8) is 0 Å². The number of rotatable bonds is 6. The number of aromatic nitrogens is 1. The highest BCUT2D eigenvalue weighted by atomic mass is 32.2. The summed E-state index contributed by atoms with van der Waals surface area (Å²) in [5.41, 5.74) is 0.752. The predicted molar refractivity (Wildman–Crippen MR) is 96.3 cm³/mol. The lowest BCUT2D eigenvalue weighted by Gasteiger charge is -2.25. The van der Waals surface area contributed by atoms with Crippen LogP contribution in [0.3, 0.4) is 0 Å². The molecule has 0 aliphatic carbocycles. The van der Waals surface area contributed by atoms with E-state index in [4.69, 9.17) is 4.74 Å². The summed E-state index contributed by atoms with van der Waals surface area (Å²) in [6, 6.07) is 3.34. The SMILES string of the molecule is Cc1nc(CC(=O)NCc2ccc(S(=O)(=O)N3CCOCC3)s2)cs1. The molecule has 0 bridgehead atoms. The molecule has 2 aromatic rings. The number of morpholine rings is 1. The van der Waals surface area contributed by atoms with Crippen LogP contribution in [-0.4, -0.2) is 49.9 Å². The number of sulfonamides is 1. The number of aryl methyl sites for hydroxylation is 1. The lowest BCUT2D eigenvalue weighted by Crippen LogP contribution is -2.40. The zero-order chi connectivity index (χ0) is 17.9. The molecule has 136 valence electrons. The molecule has 0 radical (unpaired) electrons. The quantitative estimate of drug-likeness (QED) is 0.790. The number of nitrogens with zero attached hydrogens (tertiary/aromatic N) is 2. The van der Waals surface area contributed by atoms with Crippen molar-refractivity contribution in [1.29, 1.82) is 0 Å². The number of hydrogen-bond acceptors (Lipinski definition) is 7. The first-order valence-corrected chi connectivity index (χ1v) is 10.9. The highest BCUT2D eigenvalue weighted by Crippen LogP contribution is 2.25. The van der Waals surface area contributed by atoms with Crippen LogP contribution < -0.4 is 5.32 Å². The van der Waals surface area contributed by atoms with Crippen molar-refractivity contribution in [1.82, 2.24) is 14.6 Å². The topological polar surface area (TPSA) is 88.6 Å². The Morgan fingerprint density at radius 3 is 2.80 bits per heavy atom. The average Bonchev–Trinajstić information content (AvgIpc) is 3.23. The third-order valence-electron chi connectivity index (χ3n) is 3.67. The Labute approximate surface area is 154 Å². The minimum absolute atomic E-state index is 0.128. The van der Waals surface area contributed by atoms with Crippen molar-refractivity contribution in [3.05, 3.63) is 33.1 Å². The van der Waals surface area contributed by atoms with Crippen LogP contribution in [0.2, 0.25) is 0 Å². The maximum absolute atomic E-state index is 12.6. The molecule has 1 fully saturated rings. The van der Waals surface area contributed by atoms with E-state index in [-0.39, 0.29) is 12.3 Å². The molecule has 0 unspecified atom stereocenters. The first kappa shape index (κ1) is 18.5. The van der Waals surface area contributed by atoms with E-state index in [2.05, 4.69) is 10.3 Å². The van der Waals surface area contributed by atoms with E-state index >= 15 is 0 Å². The number of hydrogen-bond donors (Lipinski definition) is 1. The van der Waals surface area contributed by atoms with E-state index in [0.29, 0.717) is 37.1 Å². The van der Waals surface area contributed by atoms with Crippen LogP contribution in [0, 0.1) is 6.92 Å². The second-order valence-corrected chi connectivity index (χ2v) is 9.94. The minimum Gasteiger partial charge on any atom is -0.379 e. The monoisotopic (exact) mass is 401 g/mol. The highest BCUT2D eigenvalue weighted by molar-refractivity contribution is 7.91. The van der Waals surface area contributed by atoms with Crippen molar-refractivity contribution < 1.29 is 17.9 Å². The Morgan fingerprint density at radius 2 is 2.12 bits per heavy atom. The summed E-state index contributed by atoms with van der Waals surface area (Å²) in [5, 5.41) is 5.61. The van der Waals surface area contributed by atoms with Crippen LogP contribution in [0.25, 0.3) is 0 Å². The standard InChI is InChI=1S/C15H19N3O4S3/c1-11-17-12(10-23-11)8-14(19)16-9-13-2-3-15(24-13)25(20,21)18-4-6-22-7-5-18/h2-3,10H,4-9H2,1H3,(H,16,19). The molecular weight excluding hydrogens is 382 g/mol. The van der Waals surface area contributed by atoms with Gasteiger partial charge in [-0.3, -0.25) is 4.79 Å². The lowest BCUT2D eigenvalue weighted by molar-refractivity contribution is -0.120. The molecule has 2 aromatic heterocycles. The molecule has 1 N–H and O–H groups in total. The van der Waals surface area contributed by atoms with Crippen LogP contribution in [0.15, 0.2) is 21.7 Å². The average molecular weight is 402 g/mol. The molecule has 0 atom stereocenters. The summed E-state index contributed by atoms with van der Waals surface area (Å²) >= 11 is 2.70. The summed E-state index contributed by atoms with van der Waals surface area (Å²) in [4.78, 5) is 17.0. The van der Waals surface area contributed by atoms with E-state index in [1.54, 1.807) is 12.1 Å². The van der Waals surface area contributed by atoms with E-state index in [1.165, 1.54) is 27.0 Å². The van der Waals surface area contributed by atoms with E-state index < -0.39 is 10.0 Å². The molecule has 1 aliphatic rings. The number of thiophene rings is 1. The fourth-order valence-electron chi connectivity index (χ4n) is 2.41. The Morgan fingerprint density at radius 1 is 1.36 bits per heavy atom. The highest BCUT2D eigenvalue weighted by Gasteiger charge is 2.27. The van der Waals surface area contributed by atoms with Crippen LogP contribution >= 0.6 is 22.7 Å². The normalized spacial score (nSPS) is 16.0. The maximum Gasteiger partial charge on any atom is 0.252 e. The fraction of sp³-hybridized carbons (Fsp3) is 0.467. The Balaban J connectivity index is 1.57. The van der Waals surface area contributed by atoms with Gasteiger partial charge < -0.3 is 10.1 Å². The second-order valence-electron chi connectivity index (χ2n) is 5.55. The fourth-order valence-corrected chi connectivity index (χ4v) is 5.88. The molecule has 25 heavy (non-hydrogen) atoms. The third kappa shape index (κ3) is 4.64. The van der Waals surface area contributed by atoms with E-state index in [1.807, 2.05) is 12.3 Å². The summed E-state index contributed by atoms with van der Waals surface area (Å²) in [7, 11) is -3.48. The van der Waals surface area contributed by atoms with Gasteiger partial charge in [0.05, 0.1) is 36.9 Å². The molecule has 7 nitrogen and oxygen atoms in total. The number of thiazole rings is 1. The smallest absolute Gasteiger partial charge is 0.252 e. The van der Waals surface area contributed by atoms with Gasteiger partial charge in [0.25, 0.3) is 10.0 Å². The first-order chi connectivity index (χ1) is 11.9. The summed E-state index contributed by atoms with van der Waals surface area (Å²) in [5.74, 6) is -0.128. The van der Waals surface area contributed by atoms with Crippen molar-refractivity contribution in [2.45, 2.75) is 24.1 Å². The van der Waals surface area contributed by atoms with Gasteiger partial charge in [-0.05, 0) is 19.1 Å². The van der Waals surface area contributed by atoms with Gasteiger partial charge in [-0.2, -0.15) is 4.31 Å². The van der Waals surface area contributed by atoms with Crippen LogP contribution in [0.4, 0.5) is 0 Å². The zero-order valence-corrected chi connectivity index (χ0v) is 16.2. The second kappa shape index (κ2) is 7.92. The number of amides is 1. The van der Waals surface area contributed by atoms with Gasteiger partial charge in [-0.1, -0.05) is 0 Å². The molecule has 1 aliphatic heterocycles. The zero-order valence-electron chi connectivity index (χ0n) is 13.7. The van der Waals surface area contributed by atoms with Gasteiger partial charge >= 0.3 is 0 Å². The van der Waals surface area contributed by atoms with Crippen molar-refractivity contribution >= 4 is 38.6 Å². The van der Waals surface area contributed by atoms with E-state index in [9.17, 15) is 13.2 Å². The molecule has 1 amide bonds. The maximum atomic E-state index is 12.6. The van der Waals surface area contributed by atoms with E-state index in [0.717, 1.165) is 15.6 Å². The largest absolute Gasteiger partial charge is 0.379 e. The molecule has 3 rings (SSSR count). The minimum atomic E-state index is -3.48. The lowest BCUT2D eigenvalue weighted by atomic mass is 10.3. The molecule has 1 saturated heterocycles. The van der Waals surface area contributed by atoms with Crippen LogP contribution in [-0.2, 0) is 32.5 Å². The Bertz CT molecular complexity index is 838. The van der Waals surface area contributed by atoms with Gasteiger partial charge in [0.2, 0.25) is 5.91 Å². The molecular formula is C15H19N3O4S3. The molecule has 0 saturated carbocycles. The van der Waals surface area contributed by atoms with Crippen LogP contribution in [0.1, 0.15) is 15.6 Å². The van der Waals surface area contributed by atoms with Crippen LogP contribution in [0.5, 0.6) is 0 Å². The third-order valence-corrected chi connectivity index (χ3v) is 7.94. The first-order valence-electron chi connectivity index (χ1n) is 7.79. The summed E-state index contributed by atoms with van der Waals surface area (Å²) in [6.07, 6.45) is 0.231. The summed E-state index contributed by atoms with van der Waals surface area (Å²) in [6.45, 7) is 3.80. The van der Waals surface area contributed by atoms with Crippen molar-refractivity contribution in [2.75, 3.05) is 26.3 Å². The predicted octanol–water partition coefficient (Wildman–Crippen LogP) is 1.39. The molecule has 10 heteroatoms. The molecule has 0 aromatic carbocycles. The number of carbonyl (C=O) groups excluding carboxylic acids is 1. The Hall–Kier alpha value is -1.33. The van der Waals surface area contributed by atoms with Gasteiger partial charge in [-0.15, -0.1) is 22.7 Å². The van der Waals surface area contributed by atoms with Gasteiger partial charge in [0.15, 0.2) is 0 Å².